The zero-order valence-corrected chi connectivity index (χ0v) is 12.8. The third-order valence-corrected chi connectivity index (χ3v) is 4.21. The van der Waals surface area contributed by atoms with Crippen LogP contribution in [0.15, 0.2) is 30.3 Å². The fraction of sp³-hybridized carbons (Fsp3) is 0.529. The van der Waals surface area contributed by atoms with E-state index < -0.39 is 5.41 Å². The second kappa shape index (κ2) is 6.74. The first kappa shape index (κ1) is 15.5. The van der Waals surface area contributed by atoms with Crippen LogP contribution in [0.4, 0.5) is 0 Å². The maximum absolute atomic E-state index is 12.9. The number of benzene rings is 1. The molecule has 0 saturated heterocycles. The number of amides is 1. The largest absolute Gasteiger partial charge is 0.465 e. The number of rotatable bonds is 5. The van der Waals surface area contributed by atoms with Gasteiger partial charge in [-0.15, -0.1) is 0 Å². The van der Waals surface area contributed by atoms with Gasteiger partial charge in [0.2, 0.25) is 5.91 Å². The van der Waals surface area contributed by atoms with Gasteiger partial charge in [-0.3, -0.25) is 9.59 Å². The molecule has 0 radical (unpaired) electrons. The molecule has 114 valence electrons. The average molecular weight is 289 g/mol. The van der Waals surface area contributed by atoms with Crippen LogP contribution in [0.2, 0.25) is 0 Å². The maximum atomic E-state index is 12.9. The van der Waals surface area contributed by atoms with Crippen LogP contribution >= 0.6 is 0 Å². The minimum Gasteiger partial charge on any atom is -0.465 e. The Labute approximate surface area is 126 Å². The predicted octanol–water partition coefficient (Wildman–Crippen LogP) is 2.52. The molecule has 0 N–H and O–H groups in total. The van der Waals surface area contributed by atoms with E-state index in [1.807, 2.05) is 30.3 Å². The maximum Gasteiger partial charge on any atom is 0.325 e. The van der Waals surface area contributed by atoms with Crippen molar-refractivity contribution in [3.05, 3.63) is 35.9 Å². The number of carbonyl (C=O) groups is 2. The smallest absolute Gasteiger partial charge is 0.325 e. The van der Waals surface area contributed by atoms with Gasteiger partial charge in [0.1, 0.15) is 6.54 Å². The zero-order valence-electron chi connectivity index (χ0n) is 12.8. The minimum atomic E-state index is -0.470. The molecule has 1 aliphatic carbocycles. The van der Waals surface area contributed by atoms with Crippen LogP contribution in [-0.4, -0.2) is 37.0 Å². The van der Waals surface area contributed by atoms with Crippen LogP contribution in [0.25, 0.3) is 0 Å². The average Bonchev–Trinajstić information content (AvgIpc) is 2.98. The van der Waals surface area contributed by atoms with Crippen LogP contribution in [0.1, 0.15) is 38.2 Å². The van der Waals surface area contributed by atoms with Gasteiger partial charge in [0.15, 0.2) is 0 Å². The Balaban J connectivity index is 2.19. The van der Waals surface area contributed by atoms with Gasteiger partial charge in [-0.05, 0) is 25.3 Å². The molecular formula is C17H23NO3. The molecule has 0 atom stereocenters. The van der Waals surface area contributed by atoms with Gasteiger partial charge in [-0.25, -0.2) is 0 Å². The third-order valence-electron chi connectivity index (χ3n) is 4.21. The summed E-state index contributed by atoms with van der Waals surface area (Å²) >= 11 is 0. The molecule has 1 aromatic carbocycles. The fourth-order valence-corrected chi connectivity index (χ4v) is 3.20. The number of hydrogen-bond acceptors (Lipinski definition) is 3. The number of nitrogens with zero attached hydrogens (tertiary/aromatic N) is 1. The van der Waals surface area contributed by atoms with Crippen molar-refractivity contribution in [2.24, 2.45) is 0 Å². The lowest BCUT2D eigenvalue weighted by molar-refractivity contribution is -0.149. The molecule has 21 heavy (non-hydrogen) atoms. The molecule has 1 amide bonds. The summed E-state index contributed by atoms with van der Waals surface area (Å²) in [5, 5.41) is 0. The standard InChI is InChI=1S/C17H23NO3/c1-3-21-15(19)13-18(2)16(20)17(11-7-8-12-17)14-9-5-4-6-10-14/h4-6,9-10H,3,7-8,11-13H2,1-2H3. The molecule has 0 aliphatic heterocycles. The lowest BCUT2D eigenvalue weighted by atomic mass is 9.77. The summed E-state index contributed by atoms with van der Waals surface area (Å²) in [6.07, 6.45) is 3.80. The van der Waals surface area contributed by atoms with Crippen molar-refractivity contribution >= 4 is 11.9 Å². The van der Waals surface area contributed by atoms with Crippen LogP contribution < -0.4 is 0 Å². The summed E-state index contributed by atoms with van der Waals surface area (Å²) in [5.74, 6) is -0.325. The van der Waals surface area contributed by atoms with E-state index in [0.29, 0.717) is 6.61 Å². The van der Waals surface area contributed by atoms with Gasteiger partial charge in [0.25, 0.3) is 0 Å². The highest BCUT2D eigenvalue weighted by atomic mass is 16.5. The van der Waals surface area contributed by atoms with Gasteiger partial charge in [-0.2, -0.15) is 0 Å². The molecule has 0 unspecified atom stereocenters. The first-order chi connectivity index (χ1) is 10.1. The predicted molar refractivity (Wildman–Crippen MR) is 80.9 cm³/mol. The Bertz CT molecular complexity index is 492. The summed E-state index contributed by atoms with van der Waals surface area (Å²) in [7, 11) is 1.68. The Hall–Kier alpha value is -1.84. The number of carbonyl (C=O) groups excluding carboxylic acids is 2. The highest BCUT2D eigenvalue weighted by molar-refractivity contribution is 5.90. The van der Waals surface area contributed by atoms with Crippen molar-refractivity contribution in [3.63, 3.8) is 0 Å². The number of ether oxygens (including phenoxy) is 1. The number of esters is 1. The molecule has 4 heteroatoms. The first-order valence-corrected chi connectivity index (χ1v) is 7.57. The van der Waals surface area contributed by atoms with Gasteiger partial charge < -0.3 is 9.64 Å². The summed E-state index contributed by atoms with van der Waals surface area (Å²) in [4.78, 5) is 26.0. The van der Waals surface area contributed by atoms with Crippen molar-refractivity contribution in [2.45, 2.75) is 38.0 Å². The summed E-state index contributed by atoms with van der Waals surface area (Å²) in [6.45, 7) is 2.12. The topological polar surface area (TPSA) is 46.6 Å². The van der Waals surface area contributed by atoms with Crippen LogP contribution in [0.5, 0.6) is 0 Å². The molecule has 0 bridgehead atoms. The molecule has 4 nitrogen and oxygen atoms in total. The summed E-state index contributed by atoms with van der Waals surface area (Å²) < 4.78 is 4.93. The fourth-order valence-electron chi connectivity index (χ4n) is 3.20. The van der Waals surface area contributed by atoms with E-state index in [1.165, 1.54) is 4.90 Å². The van der Waals surface area contributed by atoms with Crippen molar-refractivity contribution in [1.82, 2.24) is 4.90 Å². The number of likely N-dealkylation sites (N-methyl/N-ethyl adjacent to an activating group) is 1. The van der Waals surface area contributed by atoms with Gasteiger partial charge in [-0.1, -0.05) is 43.2 Å². The second-order valence-electron chi connectivity index (χ2n) is 5.62. The van der Waals surface area contributed by atoms with E-state index in [2.05, 4.69) is 0 Å². The van der Waals surface area contributed by atoms with Crippen molar-refractivity contribution in [2.75, 3.05) is 20.2 Å². The highest BCUT2D eigenvalue weighted by Gasteiger charge is 2.44. The molecule has 2 rings (SSSR count). The Kier molecular flexibility index (Phi) is 4.99. The van der Waals surface area contributed by atoms with Gasteiger partial charge in [0, 0.05) is 7.05 Å². The normalized spacial score (nSPS) is 16.5. The van der Waals surface area contributed by atoms with Crippen molar-refractivity contribution < 1.29 is 14.3 Å². The van der Waals surface area contributed by atoms with E-state index >= 15 is 0 Å². The number of hydrogen-bond donors (Lipinski definition) is 0. The minimum absolute atomic E-state index is 0.0151. The van der Waals surface area contributed by atoms with E-state index in [9.17, 15) is 9.59 Å². The lowest BCUT2D eigenvalue weighted by Crippen LogP contribution is -2.45. The van der Waals surface area contributed by atoms with Crippen LogP contribution in [-0.2, 0) is 19.7 Å². The van der Waals surface area contributed by atoms with Gasteiger partial charge in [0.05, 0.1) is 12.0 Å². The quantitative estimate of drug-likeness (QED) is 0.783. The molecule has 1 aliphatic rings. The highest BCUT2D eigenvalue weighted by Crippen LogP contribution is 2.42. The Morgan fingerprint density at radius 1 is 1.19 bits per heavy atom. The van der Waals surface area contributed by atoms with Crippen LogP contribution in [0.3, 0.4) is 0 Å². The Morgan fingerprint density at radius 3 is 2.38 bits per heavy atom. The van der Waals surface area contributed by atoms with E-state index in [0.717, 1.165) is 31.2 Å². The molecular weight excluding hydrogens is 266 g/mol. The first-order valence-electron chi connectivity index (χ1n) is 7.57. The zero-order chi connectivity index (χ0) is 15.3. The SMILES string of the molecule is CCOC(=O)CN(C)C(=O)C1(c2ccccc2)CCCC1. The van der Waals surface area contributed by atoms with E-state index in [1.54, 1.807) is 14.0 Å². The van der Waals surface area contributed by atoms with Crippen molar-refractivity contribution in [1.29, 1.82) is 0 Å². The molecule has 0 aromatic heterocycles. The van der Waals surface area contributed by atoms with Crippen LogP contribution in [0, 0.1) is 0 Å². The molecule has 1 fully saturated rings. The van der Waals surface area contributed by atoms with Crippen molar-refractivity contribution in [3.8, 4) is 0 Å². The molecule has 0 heterocycles. The van der Waals surface area contributed by atoms with E-state index in [4.69, 9.17) is 4.74 Å². The molecule has 1 aromatic rings. The van der Waals surface area contributed by atoms with E-state index in [-0.39, 0.29) is 18.4 Å². The summed E-state index contributed by atoms with van der Waals surface area (Å²) in [5.41, 5.74) is 0.589. The molecule has 1 saturated carbocycles. The third kappa shape index (κ3) is 3.26. The Morgan fingerprint density at radius 2 is 1.81 bits per heavy atom. The second-order valence-corrected chi connectivity index (χ2v) is 5.62. The molecule has 0 spiro atoms. The lowest BCUT2D eigenvalue weighted by Gasteiger charge is -2.32. The summed E-state index contributed by atoms with van der Waals surface area (Å²) in [6, 6.07) is 9.92. The van der Waals surface area contributed by atoms with Gasteiger partial charge >= 0.3 is 5.97 Å². The monoisotopic (exact) mass is 289 g/mol.